The Morgan fingerprint density at radius 2 is 2.36 bits per heavy atom. The van der Waals surface area contributed by atoms with Crippen molar-refractivity contribution in [3.8, 4) is 5.95 Å². The third-order valence-corrected chi connectivity index (χ3v) is 1.84. The van der Waals surface area contributed by atoms with E-state index in [1.807, 2.05) is 0 Å². The molecule has 2 heterocycles. The number of carbonyl (C=O) groups is 1. The molecule has 0 saturated heterocycles. The zero-order valence-corrected chi connectivity index (χ0v) is 7.58. The molecule has 0 aliphatic carbocycles. The lowest BCUT2D eigenvalue weighted by Crippen LogP contribution is -2.04. The summed E-state index contributed by atoms with van der Waals surface area (Å²) in [5.41, 5.74) is 1.15. The van der Waals surface area contributed by atoms with E-state index in [0.29, 0.717) is 17.2 Å². The second kappa shape index (κ2) is 3.37. The van der Waals surface area contributed by atoms with Gasteiger partial charge >= 0.3 is 0 Å². The van der Waals surface area contributed by atoms with Gasteiger partial charge in [0.15, 0.2) is 6.29 Å². The lowest BCUT2D eigenvalue weighted by Gasteiger charge is -2.01. The lowest BCUT2D eigenvalue weighted by atomic mass is 10.3. The van der Waals surface area contributed by atoms with Crippen LogP contribution in [0.3, 0.4) is 0 Å². The highest BCUT2D eigenvalue weighted by atomic mass is 16.1. The minimum Gasteiger partial charge on any atom is -0.298 e. The number of carbonyl (C=O) groups excluding carboxylic acids is 1. The van der Waals surface area contributed by atoms with Gasteiger partial charge in [-0.15, -0.1) is 0 Å². The fourth-order valence-corrected chi connectivity index (χ4v) is 1.08. The van der Waals surface area contributed by atoms with Gasteiger partial charge in [0.2, 0.25) is 0 Å². The van der Waals surface area contributed by atoms with E-state index in [1.54, 1.807) is 30.1 Å². The summed E-state index contributed by atoms with van der Waals surface area (Å²) >= 11 is 0. The molecule has 0 aromatic carbocycles. The van der Waals surface area contributed by atoms with E-state index in [1.165, 1.54) is 6.20 Å². The molecule has 5 heteroatoms. The summed E-state index contributed by atoms with van der Waals surface area (Å²) in [6, 6.07) is 1.78. The Hall–Kier alpha value is -2.04. The number of hydrogen-bond donors (Lipinski definition) is 0. The topological polar surface area (TPSA) is 60.7 Å². The molecule has 0 radical (unpaired) electrons. The van der Waals surface area contributed by atoms with Crippen molar-refractivity contribution >= 4 is 6.29 Å². The van der Waals surface area contributed by atoms with E-state index in [2.05, 4.69) is 15.1 Å². The predicted molar refractivity (Wildman–Crippen MR) is 49.3 cm³/mol. The Labute approximate surface area is 80.4 Å². The van der Waals surface area contributed by atoms with Crippen LogP contribution in [0.1, 0.15) is 16.1 Å². The monoisotopic (exact) mass is 188 g/mol. The predicted octanol–water partition coefficient (Wildman–Crippen LogP) is 0.783. The average Bonchev–Trinajstić information content (AvgIpc) is 2.70. The molecule has 0 unspecified atom stereocenters. The number of aryl methyl sites for hydroxylation is 1. The van der Waals surface area contributed by atoms with Gasteiger partial charge in [0.05, 0.1) is 11.3 Å². The number of hydrogen-bond acceptors (Lipinski definition) is 4. The van der Waals surface area contributed by atoms with E-state index >= 15 is 0 Å². The van der Waals surface area contributed by atoms with Crippen molar-refractivity contribution in [2.45, 2.75) is 6.92 Å². The highest BCUT2D eigenvalue weighted by molar-refractivity contribution is 5.75. The zero-order valence-electron chi connectivity index (χ0n) is 7.58. The van der Waals surface area contributed by atoms with Crippen molar-refractivity contribution in [1.82, 2.24) is 19.7 Å². The molecule has 0 fully saturated rings. The van der Waals surface area contributed by atoms with Gasteiger partial charge in [-0.25, -0.2) is 14.6 Å². The van der Waals surface area contributed by atoms with E-state index in [9.17, 15) is 4.79 Å². The van der Waals surface area contributed by atoms with Gasteiger partial charge in [-0.2, -0.15) is 5.10 Å². The van der Waals surface area contributed by atoms with Crippen LogP contribution in [0, 0.1) is 6.92 Å². The van der Waals surface area contributed by atoms with E-state index < -0.39 is 0 Å². The third-order valence-electron chi connectivity index (χ3n) is 1.84. The maximum atomic E-state index is 10.5. The second-order valence-electron chi connectivity index (χ2n) is 2.78. The molecule has 0 saturated carbocycles. The number of aldehydes is 1. The van der Waals surface area contributed by atoms with Gasteiger partial charge < -0.3 is 0 Å². The molecule has 14 heavy (non-hydrogen) atoms. The van der Waals surface area contributed by atoms with Gasteiger partial charge in [-0.3, -0.25) is 4.79 Å². The molecule has 0 atom stereocenters. The SMILES string of the molecule is Cc1nc(-n2cccn2)ncc1C=O. The summed E-state index contributed by atoms with van der Waals surface area (Å²) < 4.78 is 1.54. The Morgan fingerprint density at radius 3 is 2.93 bits per heavy atom. The molecule has 0 aliphatic heterocycles. The summed E-state index contributed by atoms with van der Waals surface area (Å²) in [5.74, 6) is 0.470. The Balaban J connectivity index is 2.48. The first kappa shape index (κ1) is 8.55. The van der Waals surface area contributed by atoms with Crippen LogP contribution in [0.2, 0.25) is 0 Å². The summed E-state index contributed by atoms with van der Waals surface area (Å²) in [5, 5.41) is 3.99. The number of aromatic nitrogens is 4. The van der Waals surface area contributed by atoms with Crippen LogP contribution in [-0.2, 0) is 0 Å². The molecule has 70 valence electrons. The molecule has 0 N–H and O–H groups in total. The van der Waals surface area contributed by atoms with Crippen LogP contribution in [0.4, 0.5) is 0 Å². The first-order valence-corrected chi connectivity index (χ1v) is 4.10. The normalized spacial score (nSPS) is 10.1. The molecule has 2 aromatic rings. The van der Waals surface area contributed by atoms with Crippen LogP contribution in [0.25, 0.3) is 5.95 Å². The molecule has 0 amide bonds. The Morgan fingerprint density at radius 1 is 1.50 bits per heavy atom. The molecule has 0 spiro atoms. The van der Waals surface area contributed by atoms with Gasteiger partial charge in [0.25, 0.3) is 5.95 Å². The quantitative estimate of drug-likeness (QED) is 0.653. The Kier molecular flexibility index (Phi) is 2.06. The van der Waals surface area contributed by atoms with Crippen molar-refractivity contribution < 1.29 is 4.79 Å². The first-order chi connectivity index (χ1) is 6.81. The van der Waals surface area contributed by atoms with Crippen LogP contribution in [-0.4, -0.2) is 26.0 Å². The van der Waals surface area contributed by atoms with Gasteiger partial charge in [0, 0.05) is 18.6 Å². The summed E-state index contributed by atoms with van der Waals surface area (Å²) in [6.45, 7) is 1.76. The fourth-order valence-electron chi connectivity index (χ4n) is 1.08. The zero-order chi connectivity index (χ0) is 9.97. The van der Waals surface area contributed by atoms with Gasteiger partial charge in [-0.1, -0.05) is 0 Å². The fraction of sp³-hybridized carbons (Fsp3) is 0.111. The molecule has 2 rings (SSSR count). The molecular weight excluding hydrogens is 180 g/mol. The maximum absolute atomic E-state index is 10.5. The summed E-state index contributed by atoms with van der Waals surface area (Å²) in [6.07, 6.45) is 5.62. The average molecular weight is 188 g/mol. The van der Waals surface area contributed by atoms with Crippen molar-refractivity contribution in [2.75, 3.05) is 0 Å². The Bertz CT molecular complexity index is 450. The van der Waals surface area contributed by atoms with Gasteiger partial charge in [-0.05, 0) is 13.0 Å². The highest BCUT2D eigenvalue weighted by Crippen LogP contribution is 2.03. The van der Waals surface area contributed by atoms with E-state index in [-0.39, 0.29) is 0 Å². The first-order valence-electron chi connectivity index (χ1n) is 4.10. The van der Waals surface area contributed by atoms with Crippen LogP contribution < -0.4 is 0 Å². The smallest absolute Gasteiger partial charge is 0.250 e. The van der Waals surface area contributed by atoms with Crippen LogP contribution in [0.15, 0.2) is 24.7 Å². The summed E-state index contributed by atoms with van der Waals surface area (Å²) in [4.78, 5) is 18.7. The standard InChI is InChI=1S/C9H8N4O/c1-7-8(6-14)5-10-9(12-7)13-4-2-3-11-13/h2-6H,1H3. The maximum Gasteiger partial charge on any atom is 0.250 e. The van der Waals surface area contributed by atoms with Gasteiger partial charge in [0.1, 0.15) is 0 Å². The van der Waals surface area contributed by atoms with Crippen LogP contribution >= 0.6 is 0 Å². The minimum atomic E-state index is 0.470. The number of nitrogens with zero attached hydrogens (tertiary/aromatic N) is 4. The highest BCUT2D eigenvalue weighted by Gasteiger charge is 2.03. The third kappa shape index (κ3) is 1.39. The van der Waals surface area contributed by atoms with Crippen molar-refractivity contribution in [3.05, 3.63) is 35.9 Å². The molecule has 0 aliphatic rings. The lowest BCUT2D eigenvalue weighted by molar-refractivity contribution is 0.112. The van der Waals surface area contributed by atoms with Crippen molar-refractivity contribution in [2.24, 2.45) is 0 Å². The largest absolute Gasteiger partial charge is 0.298 e. The van der Waals surface area contributed by atoms with Crippen molar-refractivity contribution in [3.63, 3.8) is 0 Å². The second-order valence-corrected chi connectivity index (χ2v) is 2.78. The van der Waals surface area contributed by atoms with Crippen molar-refractivity contribution in [1.29, 1.82) is 0 Å². The number of rotatable bonds is 2. The minimum absolute atomic E-state index is 0.470. The van der Waals surface area contributed by atoms with E-state index in [4.69, 9.17) is 0 Å². The molecular formula is C9H8N4O. The molecule has 2 aromatic heterocycles. The molecule has 5 nitrogen and oxygen atoms in total. The molecule has 0 bridgehead atoms. The summed E-state index contributed by atoms with van der Waals surface area (Å²) in [7, 11) is 0. The van der Waals surface area contributed by atoms with Crippen LogP contribution in [0.5, 0.6) is 0 Å². The van der Waals surface area contributed by atoms with E-state index in [0.717, 1.165) is 6.29 Å².